The molecule has 0 unspecified atom stereocenters. The Bertz CT molecular complexity index is 970. The molecule has 0 saturated carbocycles. The van der Waals surface area contributed by atoms with Crippen molar-refractivity contribution in [3.63, 3.8) is 0 Å². The van der Waals surface area contributed by atoms with E-state index in [1.165, 1.54) is 40.9 Å². The van der Waals surface area contributed by atoms with Gasteiger partial charge in [-0.2, -0.15) is 0 Å². The standard InChI is InChI=1S/C21H17FN2O2S2/c1-14(11-15-5-3-2-4-6-15)12-18-20(26)24(21(27)28-18)13-19(25)23-17-9-7-16(22)8-10-17/h2-12H,13H2,1H3,(H,23,25)/b14-11+,18-12+. The van der Waals surface area contributed by atoms with Crippen LogP contribution < -0.4 is 5.32 Å². The fourth-order valence-electron chi connectivity index (χ4n) is 2.57. The Morgan fingerprint density at radius 3 is 2.54 bits per heavy atom. The molecule has 0 radical (unpaired) electrons. The van der Waals surface area contributed by atoms with E-state index in [1.807, 2.05) is 43.3 Å². The molecule has 28 heavy (non-hydrogen) atoms. The molecular weight excluding hydrogens is 395 g/mol. The number of hydrogen-bond acceptors (Lipinski definition) is 4. The number of rotatable bonds is 5. The summed E-state index contributed by atoms with van der Waals surface area (Å²) in [5.41, 5.74) is 2.39. The largest absolute Gasteiger partial charge is 0.325 e. The van der Waals surface area contributed by atoms with Gasteiger partial charge in [-0.05, 0) is 48.4 Å². The van der Waals surface area contributed by atoms with Gasteiger partial charge in [0.05, 0.1) is 4.91 Å². The number of nitrogens with zero attached hydrogens (tertiary/aromatic N) is 1. The lowest BCUT2D eigenvalue weighted by atomic mass is 10.1. The van der Waals surface area contributed by atoms with Crippen molar-refractivity contribution in [2.75, 3.05) is 11.9 Å². The molecule has 2 aromatic rings. The average Bonchev–Trinajstić information content (AvgIpc) is 2.91. The van der Waals surface area contributed by atoms with Gasteiger partial charge in [-0.15, -0.1) is 0 Å². The van der Waals surface area contributed by atoms with Crippen LogP contribution in [0.4, 0.5) is 10.1 Å². The number of benzene rings is 2. The Hall–Kier alpha value is -2.77. The second-order valence-corrected chi connectivity index (χ2v) is 7.80. The zero-order valence-corrected chi connectivity index (χ0v) is 16.6. The molecule has 3 rings (SSSR count). The minimum Gasteiger partial charge on any atom is -0.325 e. The number of anilines is 1. The third kappa shape index (κ3) is 5.15. The Balaban J connectivity index is 1.66. The van der Waals surface area contributed by atoms with Gasteiger partial charge < -0.3 is 5.32 Å². The predicted octanol–water partition coefficient (Wildman–Crippen LogP) is 4.61. The molecule has 2 amide bonds. The summed E-state index contributed by atoms with van der Waals surface area (Å²) in [5, 5.41) is 2.63. The maximum absolute atomic E-state index is 12.9. The van der Waals surface area contributed by atoms with Crippen LogP contribution in [0.5, 0.6) is 0 Å². The first-order valence-corrected chi connectivity index (χ1v) is 9.69. The Labute approximate surface area is 172 Å². The van der Waals surface area contributed by atoms with E-state index in [1.54, 1.807) is 6.08 Å². The summed E-state index contributed by atoms with van der Waals surface area (Å²) in [6.45, 7) is 1.71. The highest BCUT2D eigenvalue weighted by Gasteiger charge is 2.33. The lowest BCUT2D eigenvalue weighted by Gasteiger charge is -2.14. The molecule has 0 bridgehead atoms. The molecule has 1 N–H and O–H groups in total. The maximum Gasteiger partial charge on any atom is 0.266 e. The van der Waals surface area contributed by atoms with E-state index in [-0.39, 0.29) is 18.3 Å². The summed E-state index contributed by atoms with van der Waals surface area (Å²) >= 11 is 6.42. The van der Waals surface area contributed by atoms with Crippen molar-refractivity contribution in [1.82, 2.24) is 4.90 Å². The van der Waals surface area contributed by atoms with Crippen molar-refractivity contribution in [3.8, 4) is 0 Å². The lowest BCUT2D eigenvalue weighted by Crippen LogP contribution is -2.36. The number of carbonyl (C=O) groups excluding carboxylic acids is 2. The molecule has 1 aliphatic heterocycles. The highest BCUT2D eigenvalue weighted by Crippen LogP contribution is 2.32. The van der Waals surface area contributed by atoms with Crippen molar-refractivity contribution < 1.29 is 14.0 Å². The van der Waals surface area contributed by atoms with E-state index in [4.69, 9.17) is 12.2 Å². The number of amides is 2. The molecule has 1 fully saturated rings. The van der Waals surface area contributed by atoms with Crippen molar-refractivity contribution in [2.45, 2.75) is 6.92 Å². The number of hydrogen-bond donors (Lipinski definition) is 1. The molecule has 1 heterocycles. The number of nitrogens with one attached hydrogen (secondary N) is 1. The normalized spacial score (nSPS) is 16.0. The highest BCUT2D eigenvalue weighted by atomic mass is 32.2. The first-order valence-electron chi connectivity index (χ1n) is 8.46. The van der Waals surface area contributed by atoms with Gasteiger partial charge in [-0.25, -0.2) is 4.39 Å². The molecule has 0 spiro atoms. The van der Waals surface area contributed by atoms with Crippen LogP contribution in [0.15, 0.2) is 71.2 Å². The summed E-state index contributed by atoms with van der Waals surface area (Å²) in [6, 6.07) is 15.2. The first-order chi connectivity index (χ1) is 13.4. The van der Waals surface area contributed by atoms with E-state index in [0.29, 0.717) is 14.9 Å². The van der Waals surface area contributed by atoms with Gasteiger partial charge in [-0.3, -0.25) is 14.5 Å². The van der Waals surface area contributed by atoms with Gasteiger partial charge in [0.15, 0.2) is 0 Å². The van der Waals surface area contributed by atoms with E-state index >= 15 is 0 Å². The molecule has 0 atom stereocenters. The average molecular weight is 413 g/mol. The second kappa shape index (κ2) is 8.95. The number of carbonyl (C=O) groups is 2. The molecule has 0 aliphatic carbocycles. The first kappa shape index (κ1) is 20.0. The fourth-order valence-corrected chi connectivity index (χ4v) is 3.88. The molecule has 1 aliphatic rings. The summed E-state index contributed by atoms with van der Waals surface area (Å²) in [5.74, 6) is -1.09. The van der Waals surface area contributed by atoms with E-state index < -0.39 is 5.91 Å². The quantitative estimate of drug-likeness (QED) is 0.575. The molecule has 4 nitrogen and oxygen atoms in total. The summed E-state index contributed by atoms with van der Waals surface area (Å²) in [4.78, 5) is 26.6. The van der Waals surface area contributed by atoms with Crippen LogP contribution in [0.25, 0.3) is 6.08 Å². The van der Waals surface area contributed by atoms with Crippen molar-refractivity contribution in [2.24, 2.45) is 0 Å². The second-order valence-electron chi connectivity index (χ2n) is 6.12. The van der Waals surface area contributed by atoms with Crippen LogP contribution in [0.2, 0.25) is 0 Å². The van der Waals surface area contributed by atoms with Crippen LogP contribution >= 0.6 is 24.0 Å². The van der Waals surface area contributed by atoms with Crippen LogP contribution in [0, 0.1) is 5.82 Å². The minimum absolute atomic E-state index is 0.194. The lowest BCUT2D eigenvalue weighted by molar-refractivity contribution is -0.126. The number of thiocarbonyl (C=S) groups is 1. The molecule has 142 valence electrons. The zero-order valence-electron chi connectivity index (χ0n) is 15.0. The van der Waals surface area contributed by atoms with Crippen LogP contribution in [-0.4, -0.2) is 27.6 Å². The zero-order chi connectivity index (χ0) is 20.1. The van der Waals surface area contributed by atoms with Crippen LogP contribution in [0.1, 0.15) is 12.5 Å². The van der Waals surface area contributed by atoms with Crippen molar-refractivity contribution in [3.05, 3.63) is 82.5 Å². The van der Waals surface area contributed by atoms with Gasteiger partial charge in [0.2, 0.25) is 5.91 Å². The maximum atomic E-state index is 12.9. The number of thioether (sulfide) groups is 1. The fraction of sp³-hybridized carbons (Fsp3) is 0.0952. The summed E-state index contributed by atoms with van der Waals surface area (Å²) in [7, 11) is 0. The number of halogens is 1. The smallest absolute Gasteiger partial charge is 0.266 e. The van der Waals surface area contributed by atoms with Crippen molar-refractivity contribution >= 4 is 51.9 Å². The molecule has 1 saturated heterocycles. The molecule has 2 aromatic carbocycles. The minimum atomic E-state index is -0.402. The van der Waals surface area contributed by atoms with Crippen LogP contribution in [0.3, 0.4) is 0 Å². The summed E-state index contributed by atoms with van der Waals surface area (Å²) in [6.07, 6.45) is 3.73. The SMILES string of the molecule is CC(=C\c1ccccc1)/C=C1/SC(=S)N(CC(=O)Nc2ccc(F)cc2)C1=O. The van der Waals surface area contributed by atoms with Gasteiger partial charge >= 0.3 is 0 Å². The van der Waals surface area contributed by atoms with Crippen LogP contribution in [-0.2, 0) is 9.59 Å². The Kier molecular flexibility index (Phi) is 6.38. The third-order valence-corrected chi connectivity index (χ3v) is 5.23. The topological polar surface area (TPSA) is 49.4 Å². The van der Waals surface area contributed by atoms with Gasteiger partial charge in [0, 0.05) is 5.69 Å². The van der Waals surface area contributed by atoms with Gasteiger partial charge in [0.25, 0.3) is 5.91 Å². The highest BCUT2D eigenvalue weighted by molar-refractivity contribution is 8.26. The van der Waals surface area contributed by atoms with E-state index in [0.717, 1.165) is 11.1 Å². The predicted molar refractivity (Wildman–Crippen MR) is 115 cm³/mol. The monoisotopic (exact) mass is 412 g/mol. The Morgan fingerprint density at radius 2 is 1.86 bits per heavy atom. The molecule has 7 heteroatoms. The van der Waals surface area contributed by atoms with Gasteiger partial charge in [0.1, 0.15) is 16.7 Å². The van der Waals surface area contributed by atoms with E-state index in [9.17, 15) is 14.0 Å². The molecular formula is C21H17FN2O2S2. The summed E-state index contributed by atoms with van der Waals surface area (Å²) < 4.78 is 13.3. The third-order valence-electron chi connectivity index (χ3n) is 3.86. The van der Waals surface area contributed by atoms with Crippen molar-refractivity contribution in [1.29, 1.82) is 0 Å². The number of allylic oxidation sites excluding steroid dienone is 2. The Morgan fingerprint density at radius 1 is 1.18 bits per heavy atom. The van der Waals surface area contributed by atoms with Gasteiger partial charge in [-0.1, -0.05) is 60.4 Å². The van der Waals surface area contributed by atoms with E-state index in [2.05, 4.69) is 5.32 Å². The molecule has 0 aromatic heterocycles.